The number of rotatable bonds is 6. The standard InChI is InChI=1S/C11H14N2O7S2/c1-11(5-6-11)22(18,19)12-21(16,17)10-7-8(13(14)15)3-4-9(10)20-2/h3-4,7,12H,5-6H2,1-2H3. The zero-order valence-corrected chi connectivity index (χ0v) is 13.4. The summed E-state index contributed by atoms with van der Waals surface area (Å²) in [5.74, 6) is -0.186. The fourth-order valence-electron chi connectivity index (χ4n) is 1.72. The van der Waals surface area contributed by atoms with Gasteiger partial charge in [0.05, 0.1) is 16.8 Å². The van der Waals surface area contributed by atoms with Crippen molar-refractivity contribution in [3.63, 3.8) is 0 Å². The number of nitrogens with zero attached hydrogens (tertiary/aromatic N) is 1. The third-order valence-corrected chi connectivity index (χ3v) is 7.83. The van der Waals surface area contributed by atoms with E-state index in [-0.39, 0.29) is 5.75 Å². The van der Waals surface area contributed by atoms with Gasteiger partial charge in [0.1, 0.15) is 10.6 Å². The summed E-state index contributed by atoms with van der Waals surface area (Å²) in [5.41, 5.74) is -0.490. The van der Waals surface area contributed by atoms with Gasteiger partial charge >= 0.3 is 0 Å². The maximum absolute atomic E-state index is 12.3. The molecule has 1 aliphatic rings. The van der Waals surface area contributed by atoms with Gasteiger partial charge in [-0.3, -0.25) is 10.1 Å². The molecule has 122 valence electrons. The molecule has 0 heterocycles. The summed E-state index contributed by atoms with van der Waals surface area (Å²) in [6, 6.07) is 2.92. The second-order valence-electron chi connectivity index (χ2n) is 5.13. The molecule has 0 amide bonds. The summed E-state index contributed by atoms with van der Waals surface area (Å²) in [5, 5.41) is 10.8. The maximum Gasteiger partial charge on any atom is 0.271 e. The van der Waals surface area contributed by atoms with Crippen molar-refractivity contribution in [2.24, 2.45) is 0 Å². The molecule has 1 aliphatic carbocycles. The van der Waals surface area contributed by atoms with Crippen LogP contribution in [0.25, 0.3) is 0 Å². The van der Waals surface area contributed by atoms with Crippen LogP contribution >= 0.6 is 0 Å². The molecule has 0 aliphatic heterocycles. The predicted molar refractivity (Wildman–Crippen MR) is 76.5 cm³/mol. The second kappa shape index (κ2) is 5.18. The maximum atomic E-state index is 12.3. The third-order valence-electron chi connectivity index (χ3n) is 3.47. The van der Waals surface area contributed by atoms with E-state index in [0.717, 1.165) is 18.2 Å². The molecule has 1 saturated carbocycles. The van der Waals surface area contributed by atoms with Crippen molar-refractivity contribution in [1.82, 2.24) is 4.13 Å². The van der Waals surface area contributed by atoms with E-state index in [0.29, 0.717) is 12.8 Å². The molecule has 11 heteroatoms. The van der Waals surface area contributed by atoms with E-state index in [9.17, 15) is 26.9 Å². The minimum atomic E-state index is -4.53. The van der Waals surface area contributed by atoms with E-state index in [2.05, 4.69) is 0 Å². The van der Waals surface area contributed by atoms with Gasteiger partial charge in [0, 0.05) is 12.1 Å². The molecule has 0 bridgehead atoms. The van der Waals surface area contributed by atoms with Crippen molar-refractivity contribution in [1.29, 1.82) is 0 Å². The number of hydrogen-bond donors (Lipinski definition) is 1. The predicted octanol–water partition coefficient (Wildman–Crippen LogP) is 0.764. The van der Waals surface area contributed by atoms with Crippen LogP contribution in [0.2, 0.25) is 0 Å². The zero-order chi connectivity index (χ0) is 16.8. The molecule has 9 nitrogen and oxygen atoms in total. The molecule has 1 aromatic carbocycles. The quantitative estimate of drug-likeness (QED) is 0.591. The number of hydrogen-bond acceptors (Lipinski definition) is 7. The number of nitrogens with one attached hydrogen (secondary N) is 1. The minimum absolute atomic E-state index is 0.186. The van der Waals surface area contributed by atoms with Gasteiger partial charge in [0.25, 0.3) is 15.7 Å². The Kier molecular flexibility index (Phi) is 3.92. The van der Waals surface area contributed by atoms with E-state index in [1.807, 2.05) is 0 Å². The molecule has 22 heavy (non-hydrogen) atoms. The monoisotopic (exact) mass is 350 g/mol. The van der Waals surface area contributed by atoms with Gasteiger partial charge in [-0.05, 0) is 25.8 Å². The highest BCUT2D eigenvalue weighted by Crippen LogP contribution is 2.43. The Bertz CT molecular complexity index is 826. The molecule has 0 atom stereocenters. The second-order valence-corrected chi connectivity index (χ2v) is 9.24. The average molecular weight is 350 g/mol. The fraction of sp³-hybridized carbons (Fsp3) is 0.455. The van der Waals surface area contributed by atoms with E-state index in [1.165, 1.54) is 14.0 Å². The Morgan fingerprint density at radius 1 is 1.27 bits per heavy atom. The van der Waals surface area contributed by atoms with Gasteiger partial charge in [-0.25, -0.2) is 16.8 Å². The summed E-state index contributed by atoms with van der Waals surface area (Å²) >= 11 is 0. The lowest BCUT2D eigenvalue weighted by atomic mass is 10.3. The lowest BCUT2D eigenvalue weighted by molar-refractivity contribution is -0.385. The molecule has 2 rings (SSSR count). The van der Waals surface area contributed by atoms with E-state index in [4.69, 9.17) is 4.74 Å². The smallest absolute Gasteiger partial charge is 0.271 e. The topological polar surface area (TPSA) is 133 Å². The molecule has 1 aromatic rings. The Balaban J connectivity index is 2.49. The summed E-state index contributed by atoms with van der Waals surface area (Å²) in [7, 11) is -7.46. The highest BCUT2D eigenvalue weighted by Gasteiger charge is 2.52. The number of methoxy groups -OCH3 is 1. The molecule has 0 spiro atoms. The van der Waals surface area contributed by atoms with Gasteiger partial charge in [-0.15, -0.1) is 4.13 Å². The van der Waals surface area contributed by atoms with Crippen molar-refractivity contribution < 1.29 is 26.5 Å². The number of ether oxygens (including phenoxy) is 1. The Labute approximate surface area is 127 Å². The minimum Gasteiger partial charge on any atom is -0.495 e. The van der Waals surface area contributed by atoms with Gasteiger partial charge in [0.2, 0.25) is 10.0 Å². The first-order valence-electron chi connectivity index (χ1n) is 6.13. The number of nitro benzene ring substituents is 1. The van der Waals surface area contributed by atoms with E-state index < -0.39 is 40.3 Å². The van der Waals surface area contributed by atoms with Crippen LogP contribution in [0.3, 0.4) is 0 Å². The fourth-order valence-corrected chi connectivity index (χ4v) is 5.37. The normalized spacial score (nSPS) is 17.0. The van der Waals surface area contributed by atoms with Crippen molar-refractivity contribution in [2.45, 2.75) is 29.4 Å². The Hall–Kier alpha value is -1.72. The van der Waals surface area contributed by atoms with Gasteiger partial charge in [-0.2, -0.15) is 0 Å². The van der Waals surface area contributed by atoms with Gasteiger partial charge in [-0.1, -0.05) is 0 Å². The van der Waals surface area contributed by atoms with Crippen molar-refractivity contribution >= 4 is 25.7 Å². The molecule has 0 saturated heterocycles. The van der Waals surface area contributed by atoms with Gasteiger partial charge in [0.15, 0.2) is 0 Å². The lowest BCUT2D eigenvalue weighted by Crippen LogP contribution is -2.38. The summed E-state index contributed by atoms with van der Waals surface area (Å²) in [6.07, 6.45) is 0.702. The first kappa shape index (κ1) is 16.6. The first-order valence-corrected chi connectivity index (χ1v) is 9.10. The van der Waals surface area contributed by atoms with Crippen LogP contribution < -0.4 is 8.86 Å². The largest absolute Gasteiger partial charge is 0.495 e. The molecule has 1 fully saturated rings. The van der Waals surface area contributed by atoms with Crippen LogP contribution in [-0.4, -0.2) is 33.6 Å². The summed E-state index contributed by atoms with van der Waals surface area (Å²) in [6.45, 7) is 1.43. The van der Waals surface area contributed by atoms with Crippen molar-refractivity contribution in [3.05, 3.63) is 28.3 Å². The summed E-state index contributed by atoms with van der Waals surface area (Å²) in [4.78, 5) is 9.38. The van der Waals surface area contributed by atoms with Crippen LogP contribution in [0, 0.1) is 10.1 Å². The molecule has 0 radical (unpaired) electrons. The average Bonchev–Trinajstić information content (AvgIpc) is 3.16. The lowest BCUT2D eigenvalue weighted by Gasteiger charge is -2.14. The zero-order valence-electron chi connectivity index (χ0n) is 11.8. The number of sulfonamides is 2. The highest BCUT2D eigenvalue weighted by molar-refractivity contribution is 8.05. The Morgan fingerprint density at radius 3 is 2.32 bits per heavy atom. The highest BCUT2D eigenvalue weighted by atomic mass is 32.3. The van der Waals surface area contributed by atoms with Crippen molar-refractivity contribution in [2.75, 3.05) is 7.11 Å². The molecule has 1 N–H and O–H groups in total. The van der Waals surface area contributed by atoms with Crippen LogP contribution in [0.1, 0.15) is 19.8 Å². The van der Waals surface area contributed by atoms with Gasteiger partial charge < -0.3 is 4.74 Å². The van der Waals surface area contributed by atoms with E-state index >= 15 is 0 Å². The number of nitro groups is 1. The number of benzene rings is 1. The molecule has 0 aromatic heterocycles. The Morgan fingerprint density at radius 2 is 1.86 bits per heavy atom. The van der Waals surface area contributed by atoms with E-state index in [1.54, 1.807) is 4.13 Å². The van der Waals surface area contributed by atoms with Crippen LogP contribution in [0.4, 0.5) is 5.69 Å². The molecular formula is C11H14N2O7S2. The SMILES string of the molecule is COc1ccc([N+](=O)[O-])cc1S(=O)(=O)NS(=O)(=O)C1(C)CC1. The third kappa shape index (κ3) is 2.91. The van der Waals surface area contributed by atoms with Crippen molar-refractivity contribution in [3.8, 4) is 5.75 Å². The molecule has 0 unspecified atom stereocenters. The number of non-ortho nitro benzene ring substituents is 1. The summed E-state index contributed by atoms with van der Waals surface area (Å²) < 4.78 is 54.0. The molecular weight excluding hydrogens is 336 g/mol. The first-order chi connectivity index (χ1) is 10.0. The van der Waals surface area contributed by atoms with Crippen LogP contribution in [0.5, 0.6) is 5.75 Å². The van der Waals surface area contributed by atoms with Crippen LogP contribution in [-0.2, 0) is 20.0 Å². The van der Waals surface area contributed by atoms with Crippen LogP contribution in [0.15, 0.2) is 23.1 Å².